The monoisotopic (exact) mass is 381 g/mol. The minimum Gasteiger partial charge on any atom is -0.497 e. The summed E-state index contributed by atoms with van der Waals surface area (Å²) in [5.41, 5.74) is 2.68. The van der Waals surface area contributed by atoms with Crippen molar-refractivity contribution in [1.82, 2.24) is 4.90 Å². The maximum atomic E-state index is 5.95. The molecule has 0 saturated carbocycles. The molecule has 0 aliphatic carbocycles. The fourth-order valence-electron chi connectivity index (χ4n) is 3.84. The van der Waals surface area contributed by atoms with Crippen LogP contribution in [0.1, 0.15) is 25.3 Å². The molecule has 142 valence electrons. The standard InChI is InChI=1S/C23H27NO2S/c1-3-20-21-11-10-19(25-2)16-22(21)27-23(20)17-6-8-18(9-7-17)26-15-14-24-12-4-5-13-24/h6-11,16H,3-5,12-15H2,1-2H3. The van der Waals surface area contributed by atoms with Crippen LogP contribution < -0.4 is 9.47 Å². The van der Waals surface area contributed by atoms with Gasteiger partial charge in [0, 0.05) is 16.1 Å². The SMILES string of the molecule is CCc1c(-c2ccc(OCCN3CCCC3)cc2)sc2cc(OC)ccc12. The van der Waals surface area contributed by atoms with Crippen LogP contribution in [0.3, 0.4) is 0 Å². The molecule has 1 saturated heterocycles. The zero-order valence-corrected chi connectivity index (χ0v) is 17.0. The van der Waals surface area contributed by atoms with E-state index in [9.17, 15) is 0 Å². The highest BCUT2D eigenvalue weighted by atomic mass is 32.1. The van der Waals surface area contributed by atoms with Gasteiger partial charge in [0.15, 0.2) is 0 Å². The first-order chi connectivity index (χ1) is 13.3. The van der Waals surface area contributed by atoms with Crippen molar-refractivity contribution in [3.8, 4) is 21.9 Å². The summed E-state index contributed by atoms with van der Waals surface area (Å²) >= 11 is 1.84. The van der Waals surface area contributed by atoms with Crippen LogP contribution in [-0.2, 0) is 6.42 Å². The lowest BCUT2D eigenvalue weighted by Crippen LogP contribution is -2.25. The van der Waals surface area contributed by atoms with Crippen molar-refractivity contribution in [1.29, 1.82) is 0 Å². The molecule has 4 heteroatoms. The quantitative estimate of drug-likeness (QED) is 0.531. The van der Waals surface area contributed by atoms with Gasteiger partial charge in [0.25, 0.3) is 0 Å². The first-order valence-electron chi connectivity index (χ1n) is 9.83. The molecule has 27 heavy (non-hydrogen) atoms. The molecule has 1 aliphatic heterocycles. The van der Waals surface area contributed by atoms with E-state index in [1.807, 2.05) is 11.3 Å². The molecule has 4 rings (SSSR count). The maximum absolute atomic E-state index is 5.95. The van der Waals surface area contributed by atoms with Gasteiger partial charge >= 0.3 is 0 Å². The van der Waals surface area contributed by atoms with E-state index in [4.69, 9.17) is 9.47 Å². The first kappa shape index (κ1) is 18.3. The van der Waals surface area contributed by atoms with Crippen LogP contribution in [0, 0.1) is 0 Å². The van der Waals surface area contributed by atoms with E-state index in [0.717, 1.165) is 31.1 Å². The number of ether oxygens (including phenoxy) is 2. The summed E-state index contributed by atoms with van der Waals surface area (Å²) in [5.74, 6) is 1.87. The number of hydrogen-bond acceptors (Lipinski definition) is 4. The second-order valence-electron chi connectivity index (χ2n) is 7.05. The predicted octanol–water partition coefficient (Wildman–Crippen LogP) is 5.61. The lowest BCUT2D eigenvalue weighted by atomic mass is 10.0. The molecule has 0 amide bonds. The summed E-state index contributed by atoms with van der Waals surface area (Å²) in [4.78, 5) is 3.83. The van der Waals surface area contributed by atoms with Gasteiger partial charge in [0.1, 0.15) is 18.1 Å². The largest absolute Gasteiger partial charge is 0.497 e. The van der Waals surface area contributed by atoms with E-state index in [-0.39, 0.29) is 0 Å². The Hall–Kier alpha value is -2.04. The molecular formula is C23H27NO2S. The number of aryl methyl sites for hydroxylation is 1. The molecule has 0 spiro atoms. The Kier molecular flexibility index (Phi) is 5.65. The zero-order chi connectivity index (χ0) is 18.6. The van der Waals surface area contributed by atoms with Gasteiger partial charge in [-0.1, -0.05) is 6.92 Å². The molecule has 3 nitrogen and oxygen atoms in total. The van der Waals surface area contributed by atoms with Gasteiger partial charge in [0.2, 0.25) is 0 Å². The van der Waals surface area contributed by atoms with Crippen molar-refractivity contribution in [2.75, 3.05) is 33.4 Å². The van der Waals surface area contributed by atoms with Gasteiger partial charge in [-0.15, -0.1) is 11.3 Å². The summed E-state index contributed by atoms with van der Waals surface area (Å²) in [6.07, 6.45) is 3.68. The van der Waals surface area contributed by atoms with Crippen LogP contribution in [0.2, 0.25) is 0 Å². The summed E-state index contributed by atoms with van der Waals surface area (Å²) in [6.45, 7) is 6.46. The average molecular weight is 382 g/mol. The summed E-state index contributed by atoms with van der Waals surface area (Å²) in [7, 11) is 1.72. The molecule has 1 fully saturated rings. The van der Waals surface area contributed by atoms with Gasteiger partial charge in [-0.2, -0.15) is 0 Å². The number of fused-ring (bicyclic) bond motifs is 1. The average Bonchev–Trinajstić information content (AvgIpc) is 3.35. The normalized spacial score (nSPS) is 14.7. The molecule has 0 bridgehead atoms. The number of likely N-dealkylation sites (tertiary alicyclic amines) is 1. The highest BCUT2D eigenvalue weighted by Crippen LogP contribution is 2.40. The number of benzene rings is 2. The van der Waals surface area contributed by atoms with Crippen molar-refractivity contribution >= 4 is 21.4 Å². The third kappa shape index (κ3) is 3.97. The Bertz CT molecular complexity index is 895. The van der Waals surface area contributed by atoms with Crippen LogP contribution >= 0.6 is 11.3 Å². The highest BCUT2D eigenvalue weighted by Gasteiger charge is 2.14. The lowest BCUT2D eigenvalue weighted by Gasteiger charge is -2.15. The number of nitrogens with zero attached hydrogens (tertiary/aromatic N) is 1. The van der Waals surface area contributed by atoms with Crippen molar-refractivity contribution in [3.63, 3.8) is 0 Å². The van der Waals surface area contributed by atoms with E-state index in [2.05, 4.69) is 54.3 Å². The molecule has 0 N–H and O–H groups in total. The van der Waals surface area contributed by atoms with Crippen molar-refractivity contribution < 1.29 is 9.47 Å². The van der Waals surface area contributed by atoms with E-state index in [1.165, 1.54) is 52.0 Å². The number of methoxy groups -OCH3 is 1. The predicted molar refractivity (Wildman–Crippen MR) is 114 cm³/mol. The smallest absolute Gasteiger partial charge is 0.120 e. The van der Waals surface area contributed by atoms with Gasteiger partial charge < -0.3 is 9.47 Å². The second kappa shape index (κ2) is 8.32. The third-order valence-electron chi connectivity index (χ3n) is 5.34. The van der Waals surface area contributed by atoms with Crippen LogP contribution in [0.15, 0.2) is 42.5 Å². The van der Waals surface area contributed by atoms with Crippen LogP contribution in [-0.4, -0.2) is 38.3 Å². The fourth-order valence-corrected chi connectivity index (χ4v) is 5.17. The molecule has 1 aliphatic rings. The second-order valence-corrected chi connectivity index (χ2v) is 8.10. The maximum Gasteiger partial charge on any atom is 0.120 e. The molecule has 2 heterocycles. The molecule has 3 aromatic rings. The molecular weight excluding hydrogens is 354 g/mol. The molecule has 0 unspecified atom stereocenters. The van der Waals surface area contributed by atoms with Gasteiger partial charge in [-0.25, -0.2) is 0 Å². The minimum atomic E-state index is 0.766. The third-order valence-corrected chi connectivity index (χ3v) is 6.59. The topological polar surface area (TPSA) is 21.7 Å². The Balaban J connectivity index is 1.50. The van der Waals surface area contributed by atoms with E-state index in [1.54, 1.807) is 7.11 Å². The van der Waals surface area contributed by atoms with Crippen LogP contribution in [0.25, 0.3) is 20.5 Å². The van der Waals surface area contributed by atoms with Crippen LogP contribution in [0.5, 0.6) is 11.5 Å². The molecule has 1 aromatic heterocycles. The zero-order valence-electron chi connectivity index (χ0n) is 16.2. The van der Waals surface area contributed by atoms with Gasteiger partial charge in [-0.3, -0.25) is 4.90 Å². The summed E-state index contributed by atoms with van der Waals surface area (Å²) in [5, 5.41) is 1.34. The van der Waals surface area contributed by atoms with Crippen LogP contribution in [0.4, 0.5) is 0 Å². The van der Waals surface area contributed by atoms with E-state index < -0.39 is 0 Å². The number of thiophene rings is 1. The van der Waals surface area contributed by atoms with Crippen molar-refractivity contribution in [3.05, 3.63) is 48.0 Å². The molecule has 2 aromatic carbocycles. The first-order valence-corrected chi connectivity index (χ1v) is 10.6. The Morgan fingerprint density at radius 2 is 1.74 bits per heavy atom. The fraction of sp³-hybridized carbons (Fsp3) is 0.391. The van der Waals surface area contributed by atoms with E-state index >= 15 is 0 Å². The Morgan fingerprint density at radius 1 is 1.00 bits per heavy atom. The Morgan fingerprint density at radius 3 is 2.44 bits per heavy atom. The Labute approximate surface area is 165 Å². The number of hydrogen-bond donors (Lipinski definition) is 0. The summed E-state index contributed by atoms with van der Waals surface area (Å²) in [6, 6.07) is 14.9. The van der Waals surface area contributed by atoms with Crippen molar-refractivity contribution in [2.45, 2.75) is 26.2 Å². The van der Waals surface area contributed by atoms with Crippen molar-refractivity contribution in [2.24, 2.45) is 0 Å². The molecule has 0 radical (unpaired) electrons. The van der Waals surface area contributed by atoms with Gasteiger partial charge in [-0.05, 0) is 91.3 Å². The summed E-state index contributed by atoms with van der Waals surface area (Å²) < 4.78 is 12.6. The highest BCUT2D eigenvalue weighted by molar-refractivity contribution is 7.22. The number of rotatable bonds is 7. The molecule has 0 atom stereocenters. The minimum absolute atomic E-state index is 0.766. The lowest BCUT2D eigenvalue weighted by molar-refractivity contribution is 0.238. The van der Waals surface area contributed by atoms with Gasteiger partial charge in [0.05, 0.1) is 7.11 Å². The van der Waals surface area contributed by atoms with E-state index in [0.29, 0.717) is 0 Å².